The van der Waals surface area contributed by atoms with Gasteiger partial charge in [-0.05, 0) is 49.7 Å². The van der Waals surface area contributed by atoms with Crippen LogP contribution in [0.5, 0.6) is 0 Å². The number of thiazole rings is 1. The zero-order chi connectivity index (χ0) is 21.5. The van der Waals surface area contributed by atoms with Crippen molar-refractivity contribution in [2.45, 2.75) is 20.4 Å². The molecule has 0 spiro atoms. The molecule has 0 bridgehead atoms. The number of halogens is 1. The molecule has 0 atom stereocenters. The van der Waals surface area contributed by atoms with Crippen molar-refractivity contribution >= 4 is 49.8 Å². The minimum atomic E-state index is -0.185. The van der Waals surface area contributed by atoms with E-state index in [2.05, 4.69) is 9.97 Å². The van der Waals surface area contributed by atoms with Gasteiger partial charge in [0.15, 0.2) is 5.13 Å². The van der Waals surface area contributed by atoms with Crippen molar-refractivity contribution in [1.29, 1.82) is 0 Å². The summed E-state index contributed by atoms with van der Waals surface area (Å²) in [5.74, 6) is -0.185. The second-order valence-electron chi connectivity index (χ2n) is 7.23. The number of pyridine rings is 2. The second-order valence-corrected chi connectivity index (χ2v) is 8.61. The lowest BCUT2D eigenvalue weighted by atomic mass is 10.2. The summed E-state index contributed by atoms with van der Waals surface area (Å²) >= 11 is 7.84. The molecular weight excluding hydrogens is 430 g/mol. The van der Waals surface area contributed by atoms with E-state index >= 15 is 0 Å². The van der Waals surface area contributed by atoms with Crippen LogP contribution < -0.4 is 4.90 Å². The van der Waals surface area contributed by atoms with E-state index in [1.807, 2.05) is 73.0 Å². The smallest absolute Gasteiger partial charge is 0.279 e. The predicted molar refractivity (Wildman–Crippen MR) is 124 cm³/mol. The van der Waals surface area contributed by atoms with Gasteiger partial charge in [-0.15, -0.1) is 0 Å². The molecule has 31 heavy (non-hydrogen) atoms. The van der Waals surface area contributed by atoms with Crippen molar-refractivity contribution in [3.05, 3.63) is 88.6 Å². The highest BCUT2D eigenvalue weighted by Crippen LogP contribution is 2.36. The molecule has 8 heteroatoms. The number of nitrogens with zero attached hydrogens (tertiary/aromatic N) is 5. The lowest BCUT2D eigenvalue weighted by Crippen LogP contribution is -2.32. The van der Waals surface area contributed by atoms with Crippen LogP contribution in [0.25, 0.3) is 15.9 Å². The molecule has 0 aliphatic carbocycles. The van der Waals surface area contributed by atoms with Gasteiger partial charge in [-0.1, -0.05) is 41.1 Å². The number of hydrogen-bond donors (Lipinski definition) is 0. The normalized spacial score (nSPS) is 11.3. The zero-order valence-corrected chi connectivity index (χ0v) is 18.5. The van der Waals surface area contributed by atoms with Gasteiger partial charge < -0.3 is 0 Å². The summed E-state index contributed by atoms with van der Waals surface area (Å²) in [5.41, 5.74) is 4.49. The van der Waals surface area contributed by atoms with Crippen molar-refractivity contribution in [3.63, 3.8) is 0 Å². The number of carbonyl (C=O) groups is 1. The molecule has 0 unspecified atom stereocenters. The number of anilines is 1. The fourth-order valence-electron chi connectivity index (χ4n) is 3.59. The maximum atomic E-state index is 13.9. The average Bonchev–Trinajstić information content (AvgIpc) is 3.37. The topological polar surface area (TPSA) is 63.4 Å². The first-order valence-corrected chi connectivity index (χ1v) is 10.9. The molecule has 0 saturated carbocycles. The predicted octanol–water partition coefficient (Wildman–Crippen LogP) is 5.46. The first kappa shape index (κ1) is 19.7. The molecule has 0 aliphatic heterocycles. The van der Waals surface area contributed by atoms with Gasteiger partial charge in [0.2, 0.25) is 0 Å². The molecule has 4 heterocycles. The molecule has 0 saturated heterocycles. The lowest BCUT2D eigenvalue weighted by Gasteiger charge is -2.19. The van der Waals surface area contributed by atoms with Crippen molar-refractivity contribution in [1.82, 2.24) is 19.4 Å². The third-order valence-corrected chi connectivity index (χ3v) is 6.65. The average molecular weight is 448 g/mol. The Hall–Kier alpha value is -3.29. The Morgan fingerprint density at radius 1 is 1.10 bits per heavy atom. The molecule has 0 aliphatic rings. The maximum Gasteiger partial charge on any atom is 0.279 e. The van der Waals surface area contributed by atoms with Gasteiger partial charge in [-0.2, -0.15) is 0 Å². The SMILES string of the molecule is Cc1nc2ccccn2c1C(=O)N(Cc1ccccn1)c1nc2c(C)ccc(Cl)c2s1. The monoisotopic (exact) mass is 447 g/mol. The third kappa shape index (κ3) is 3.45. The Kier molecular flexibility index (Phi) is 4.92. The summed E-state index contributed by atoms with van der Waals surface area (Å²) in [4.78, 5) is 29.3. The largest absolute Gasteiger partial charge is 0.295 e. The van der Waals surface area contributed by atoms with Gasteiger partial charge >= 0.3 is 0 Å². The molecule has 4 aromatic heterocycles. The first-order valence-electron chi connectivity index (χ1n) is 9.74. The fraction of sp³-hybridized carbons (Fsp3) is 0.130. The van der Waals surface area contributed by atoms with E-state index in [0.717, 1.165) is 27.1 Å². The van der Waals surface area contributed by atoms with Crippen LogP contribution in [0, 0.1) is 13.8 Å². The number of aromatic nitrogens is 4. The highest BCUT2D eigenvalue weighted by molar-refractivity contribution is 7.23. The van der Waals surface area contributed by atoms with E-state index in [1.165, 1.54) is 11.3 Å². The summed E-state index contributed by atoms with van der Waals surface area (Å²) < 4.78 is 2.68. The van der Waals surface area contributed by atoms with E-state index in [-0.39, 0.29) is 12.5 Å². The minimum Gasteiger partial charge on any atom is -0.295 e. The highest BCUT2D eigenvalue weighted by Gasteiger charge is 2.27. The number of carbonyl (C=O) groups excluding carboxylic acids is 1. The highest BCUT2D eigenvalue weighted by atomic mass is 35.5. The number of imidazole rings is 1. The van der Waals surface area contributed by atoms with E-state index in [9.17, 15) is 4.79 Å². The van der Waals surface area contributed by atoms with Gasteiger partial charge in [0.1, 0.15) is 11.3 Å². The number of aryl methyl sites for hydroxylation is 2. The number of fused-ring (bicyclic) bond motifs is 2. The van der Waals surface area contributed by atoms with E-state index < -0.39 is 0 Å². The first-order chi connectivity index (χ1) is 15.0. The van der Waals surface area contributed by atoms with Crippen molar-refractivity contribution in [2.75, 3.05) is 4.90 Å². The Balaban J connectivity index is 1.67. The van der Waals surface area contributed by atoms with E-state index in [1.54, 1.807) is 11.1 Å². The van der Waals surface area contributed by atoms with Crippen LogP contribution >= 0.6 is 22.9 Å². The van der Waals surface area contributed by atoms with Crippen LogP contribution in [0.4, 0.5) is 5.13 Å². The standard InChI is InChI=1S/C23H18ClN5OS/c1-14-9-10-17(24)21-19(14)27-23(31-21)29(13-16-7-3-5-11-25-16)22(30)20-15(2)26-18-8-4-6-12-28(18)20/h3-12H,13H2,1-2H3. The van der Waals surface area contributed by atoms with Crippen LogP contribution in [0.3, 0.4) is 0 Å². The summed E-state index contributed by atoms with van der Waals surface area (Å²) in [5, 5.41) is 1.20. The van der Waals surface area contributed by atoms with Crippen LogP contribution in [0.2, 0.25) is 5.02 Å². The van der Waals surface area contributed by atoms with Crippen molar-refractivity contribution in [2.24, 2.45) is 0 Å². The quantitative estimate of drug-likeness (QED) is 0.367. The maximum absolute atomic E-state index is 13.9. The molecule has 0 radical (unpaired) electrons. The summed E-state index contributed by atoms with van der Waals surface area (Å²) in [6.07, 6.45) is 3.57. The second kappa shape index (κ2) is 7.76. The number of benzene rings is 1. The van der Waals surface area contributed by atoms with Gasteiger partial charge in [-0.25, -0.2) is 9.97 Å². The fourth-order valence-corrected chi connectivity index (χ4v) is 4.90. The molecule has 154 valence electrons. The summed E-state index contributed by atoms with van der Waals surface area (Å²) in [6, 6.07) is 15.1. The Bertz CT molecular complexity index is 1390. The number of hydrogen-bond acceptors (Lipinski definition) is 5. The van der Waals surface area contributed by atoms with Gasteiger partial charge in [-0.3, -0.25) is 19.1 Å². The van der Waals surface area contributed by atoms with Crippen molar-refractivity contribution < 1.29 is 4.79 Å². The third-order valence-electron chi connectivity index (χ3n) is 5.12. The molecule has 1 amide bonds. The lowest BCUT2D eigenvalue weighted by molar-refractivity contribution is 0.0978. The molecule has 1 aromatic carbocycles. The number of rotatable bonds is 4. The molecule has 5 aromatic rings. The number of amides is 1. The summed E-state index contributed by atoms with van der Waals surface area (Å²) in [6.45, 7) is 4.12. The minimum absolute atomic E-state index is 0.185. The van der Waals surface area contributed by atoms with Gasteiger partial charge in [0, 0.05) is 12.4 Å². The van der Waals surface area contributed by atoms with Gasteiger partial charge in [0.25, 0.3) is 5.91 Å². The van der Waals surface area contributed by atoms with E-state index in [0.29, 0.717) is 21.5 Å². The zero-order valence-electron chi connectivity index (χ0n) is 16.9. The Labute approximate surface area is 187 Å². The van der Waals surface area contributed by atoms with Crippen LogP contribution in [0.1, 0.15) is 27.4 Å². The molecule has 0 N–H and O–H groups in total. The Morgan fingerprint density at radius 2 is 1.94 bits per heavy atom. The molecule has 0 fully saturated rings. The molecular formula is C23H18ClN5OS. The molecule has 5 rings (SSSR count). The van der Waals surface area contributed by atoms with Crippen LogP contribution in [0.15, 0.2) is 60.9 Å². The van der Waals surface area contributed by atoms with E-state index in [4.69, 9.17) is 16.6 Å². The van der Waals surface area contributed by atoms with Crippen LogP contribution in [-0.2, 0) is 6.54 Å². The van der Waals surface area contributed by atoms with Crippen LogP contribution in [-0.4, -0.2) is 25.3 Å². The van der Waals surface area contributed by atoms with Crippen molar-refractivity contribution in [3.8, 4) is 0 Å². The summed E-state index contributed by atoms with van der Waals surface area (Å²) in [7, 11) is 0. The van der Waals surface area contributed by atoms with Gasteiger partial charge in [0.05, 0.1) is 33.2 Å². The Morgan fingerprint density at radius 3 is 2.71 bits per heavy atom. The molecule has 6 nitrogen and oxygen atoms in total.